The third-order valence-corrected chi connectivity index (χ3v) is 4.18. The number of nitrogens with one attached hydrogen (secondary N) is 1. The van der Waals surface area contributed by atoms with E-state index in [4.69, 9.17) is 0 Å². The Morgan fingerprint density at radius 3 is 2.15 bits per heavy atom. The summed E-state index contributed by atoms with van der Waals surface area (Å²) < 4.78 is 0. The Balaban J connectivity index is 1.61. The summed E-state index contributed by atoms with van der Waals surface area (Å²) in [5, 5.41) is 14.1. The first-order valence-corrected chi connectivity index (χ1v) is 7.23. The molecule has 1 unspecified atom stereocenters. The first-order chi connectivity index (χ1) is 9.65. The van der Waals surface area contributed by atoms with E-state index in [0.29, 0.717) is 12.6 Å². The van der Waals surface area contributed by atoms with Crippen LogP contribution in [0.1, 0.15) is 23.6 Å². The van der Waals surface area contributed by atoms with Gasteiger partial charge in [-0.05, 0) is 36.5 Å². The first kappa shape index (κ1) is 13.3. The predicted octanol–water partition coefficient (Wildman–Crippen LogP) is 2.65. The van der Waals surface area contributed by atoms with E-state index in [0.717, 1.165) is 18.4 Å². The third kappa shape index (κ3) is 2.77. The molecule has 0 saturated carbocycles. The minimum Gasteiger partial charge on any atom is -0.384 e. The SMILES string of the molecule is CC(O)(CNC1Cc2ccccc2C1)c1ccccc1. The van der Waals surface area contributed by atoms with Crippen LogP contribution in [0.4, 0.5) is 0 Å². The smallest absolute Gasteiger partial charge is 0.0992 e. The van der Waals surface area contributed by atoms with Crippen LogP contribution in [0, 0.1) is 0 Å². The average Bonchev–Trinajstić information content (AvgIpc) is 2.89. The van der Waals surface area contributed by atoms with Gasteiger partial charge in [0.1, 0.15) is 0 Å². The molecule has 0 heterocycles. The molecular formula is C18H21NO. The van der Waals surface area contributed by atoms with Crippen molar-refractivity contribution in [2.45, 2.75) is 31.4 Å². The maximum Gasteiger partial charge on any atom is 0.0992 e. The van der Waals surface area contributed by atoms with E-state index in [1.807, 2.05) is 37.3 Å². The zero-order valence-corrected chi connectivity index (χ0v) is 11.8. The molecule has 2 nitrogen and oxygen atoms in total. The van der Waals surface area contributed by atoms with Crippen molar-refractivity contribution >= 4 is 0 Å². The number of hydrogen-bond acceptors (Lipinski definition) is 2. The van der Waals surface area contributed by atoms with Crippen molar-refractivity contribution in [3.05, 3.63) is 71.3 Å². The van der Waals surface area contributed by atoms with Crippen LogP contribution in [0.15, 0.2) is 54.6 Å². The van der Waals surface area contributed by atoms with Gasteiger partial charge in [0.2, 0.25) is 0 Å². The van der Waals surface area contributed by atoms with Gasteiger partial charge in [0, 0.05) is 12.6 Å². The van der Waals surface area contributed by atoms with E-state index < -0.39 is 5.60 Å². The summed E-state index contributed by atoms with van der Waals surface area (Å²) in [5.41, 5.74) is 3.01. The molecule has 104 valence electrons. The lowest BCUT2D eigenvalue weighted by Gasteiger charge is -2.26. The standard InChI is InChI=1S/C18H21NO/c1-18(20,16-9-3-2-4-10-16)13-19-17-11-14-7-5-6-8-15(14)12-17/h2-10,17,19-20H,11-13H2,1H3. The van der Waals surface area contributed by atoms with Crippen LogP contribution < -0.4 is 5.32 Å². The van der Waals surface area contributed by atoms with Crippen LogP contribution in [-0.4, -0.2) is 17.7 Å². The molecule has 0 spiro atoms. The van der Waals surface area contributed by atoms with Crippen molar-refractivity contribution < 1.29 is 5.11 Å². The number of benzene rings is 2. The second-order valence-electron chi connectivity index (χ2n) is 5.89. The largest absolute Gasteiger partial charge is 0.384 e. The highest BCUT2D eigenvalue weighted by atomic mass is 16.3. The van der Waals surface area contributed by atoms with Crippen molar-refractivity contribution in [2.24, 2.45) is 0 Å². The van der Waals surface area contributed by atoms with Gasteiger partial charge in [0.25, 0.3) is 0 Å². The average molecular weight is 267 g/mol. The highest BCUT2D eigenvalue weighted by Gasteiger charge is 2.26. The minimum atomic E-state index is -0.823. The fraction of sp³-hybridized carbons (Fsp3) is 0.333. The molecule has 2 N–H and O–H groups in total. The van der Waals surface area contributed by atoms with Crippen LogP contribution in [0.3, 0.4) is 0 Å². The van der Waals surface area contributed by atoms with Crippen molar-refractivity contribution in [3.8, 4) is 0 Å². The summed E-state index contributed by atoms with van der Waals surface area (Å²) in [6, 6.07) is 18.9. The molecule has 0 bridgehead atoms. The molecule has 20 heavy (non-hydrogen) atoms. The highest BCUT2D eigenvalue weighted by Crippen LogP contribution is 2.24. The van der Waals surface area contributed by atoms with Crippen LogP contribution in [0.2, 0.25) is 0 Å². The molecule has 0 radical (unpaired) electrons. The van der Waals surface area contributed by atoms with Crippen molar-refractivity contribution in [1.29, 1.82) is 0 Å². The number of fused-ring (bicyclic) bond motifs is 1. The van der Waals surface area contributed by atoms with E-state index in [9.17, 15) is 5.11 Å². The van der Waals surface area contributed by atoms with Crippen molar-refractivity contribution in [2.75, 3.05) is 6.54 Å². The van der Waals surface area contributed by atoms with E-state index >= 15 is 0 Å². The van der Waals surface area contributed by atoms with Crippen LogP contribution in [-0.2, 0) is 18.4 Å². The Hall–Kier alpha value is -1.64. The van der Waals surface area contributed by atoms with E-state index in [1.165, 1.54) is 11.1 Å². The molecule has 1 aliphatic carbocycles. The molecular weight excluding hydrogens is 246 g/mol. The summed E-state index contributed by atoms with van der Waals surface area (Å²) in [7, 11) is 0. The Kier molecular flexibility index (Phi) is 3.60. The lowest BCUT2D eigenvalue weighted by molar-refractivity contribution is 0.0541. The highest BCUT2D eigenvalue weighted by molar-refractivity contribution is 5.33. The molecule has 2 heteroatoms. The maximum atomic E-state index is 10.6. The quantitative estimate of drug-likeness (QED) is 0.892. The summed E-state index contributed by atoms with van der Waals surface area (Å²) in [6.07, 6.45) is 2.11. The Labute approximate surface area is 120 Å². The third-order valence-electron chi connectivity index (χ3n) is 4.18. The molecule has 1 aliphatic rings. The lowest BCUT2D eigenvalue weighted by atomic mass is 9.95. The lowest BCUT2D eigenvalue weighted by Crippen LogP contribution is -2.41. The molecule has 0 amide bonds. The second-order valence-corrected chi connectivity index (χ2v) is 5.89. The number of rotatable bonds is 4. The van der Waals surface area contributed by atoms with Gasteiger partial charge in [0.15, 0.2) is 0 Å². The molecule has 3 rings (SSSR count). The topological polar surface area (TPSA) is 32.3 Å². The van der Waals surface area contributed by atoms with Gasteiger partial charge >= 0.3 is 0 Å². The zero-order valence-electron chi connectivity index (χ0n) is 11.8. The van der Waals surface area contributed by atoms with Crippen LogP contribution >= 0.6 is 0 Å². The van der Waals surface area contributed by atoms with E-state index in [1.54, 1.807) is 0 Å². The fourth-order valence-electron chi connectivity index (χ4n) is 2.95. The van der Waals surface area contributed by atoms with Gasteiger partial charge < -0.3 is 10.4 Å². The molecule has 0 aromatic heterocycles. The summed E-state index contributed by atoms with van der Waals surface area (Å²) in [5.74, 6) is 0. The van der Waals surface area contributed by atoms with Gasteiger partial charge in [-0.1, -0.05) is 54.6 Å². The van der Waals surface area contributed by atoms with Gasteiger partial charge in [-0.3, -0.25) is 0 Å². The Bertz CT molecular complexity index is 552. The molecule has 2 aromatic carbocycles. The summed E-state index contributed by atoms with van der Waals surface area (Å²) in [4.78, 5) is 0. The first-order valence-electron chi connectivity index (χ1n) is 7.23. The van der Waals surface area contributed by atoms with Crippen molar-refractivity contribution in [3.63, 3.8) is 0 Å². The Morgan fingerprint density at radius 2 is 1.55 bits per heavy atom. The second kappa shape index (κ2) is 5.39. The Morgan fingerprint density at radius 1 is 1.00 bits per heavy atom. The summed E-state index contributed by atoms with van der Waals surface area (Å²) in [6.45, 7) is 2.45. The van der Waals surface area contributed by atoms with E-state index in [-0.39, 0.29) is 0 Å². The number of hydrogen-bond donors (Lipinski definition) is 2. The number of aliphatic hydroxyl groups is 1. The van der Waals surface area contributed by atoms with Crippen LogP contribution in [0.5, 0.6) is 0 Å². The fourth-order valence-corrected chi connectivity index (χ4v) is 2.95. The molecule has 1 atom stereocenters. The van der Waals surface area contributed by atoms with Crippen molar-refractivity contribution in [1.82, 2.24) is 5.32 Å². The monoisotopic (exact) mass is 267 g/mol. The molecule has 0 fully saturated rings. The van der Waals surface area contributed by atoms with Gasteiger partial charge in [-0.15, -0.1) is 0 Å². The van der Waals surface area contributed by atoms with Gasteiger partial charge in [0.05, 0.1) is 5.60 Å². The molecule has 0 saturated heterocycles. The van der Waals surface area contributed by atoms with E-state index in [2.05, 4.69) is 29.6 Å². The normalized spacial score (nSPS) is 17.7. The van der Waals surface area contributed by atoms with Gasteiger partial charge in [-0.2, -0.15) is 0 Å². The molecule has 0 aliphatic heterocycles. The van der Waals surface area contributed by atoms with Gasteiger partial charge in [-0.25, -0.2) is 0 Å². The maximum absolute atomic E-state index is 10.6. The minimum absolute atomic E-state index is 0.433. The zero-order chi connectivity index (χ0) is 14.0. The van der Waals surface area contributed by atoms with Crippen LogP contribution in [0.25, 0.3) is 0 Å². The predicted molar refractivity (Wildman–Crippen MR) is 81.7 cm³/mol. The molecule has 2 aromatic rings. The summed E-state index contributed by atoms with van der Waals surface area (Å²) >= 11 is 0.